The molecule has 0 saturated carbocycles. The molecular weight excluding hydrogens is 212 g/mol. The van der Waals surface area contributed by atoms with Gasteiger partial charge in [0.15, 0.2) is 5.96 Å². The Labute approximate surface area is 106 Å². The summed E-state index contributed by atoms with van der Waals surface area (Å²) in [4.78, 5) is 6.86. The van der Waals surface area contributed by atoms with Gasteiger partial charge in [-0.15, -0.1) is 6.42 Å². The Balaban J connectivity index is 3.87. The van der Waals surface area contributed by atoms with E-state index in [1.165, 1.54) is 0 Å². The molecule has 0 rings (SSSR count). The standard InChI is InChI=1S/C13H26N4/c1-5-10-15-13(14-6-2)16-11-9-12-17(7-3)8-4/h1H,6-12H2,2-4H3,(H2,14,15,16). The predicted molar refractivity (Wildman–Crippen MR) is 75.2 cm³/mol. The van der Waals surface area contributed by atoms with E-state index in [1.54, 1.807) is 0 Å². The van der Waals surface area contributed by atoms with Gasteiger partial charge >= 0.3 is 0 Å². The smallest absolute Gasteiger partial charge is 0.192 e. The summed E-state index contributed by atoms with van der Waals surface area (Å²) < 4.78 is 0. The van der Waals surface area contributed by atoms with Gasteiger partial charge in [0.25, 0.3) is 0 Å². The first-order valence-corrected chi connectivity index (χ1v) is 6.46. The van der Waals surface area contributed by atoms with Crippen LogP contribution >= 0.6 is 0 Å². The fourth-order valence-corrected chi connectivity index (χ4v) is 1.50. The molecule has 0 aromatic carbocycles. The quantitative estimate of drug-likeness (QED) is 0.286. The minimum Gasteiger partial charge on any atom is -0.357 e. The number of rotatable bonds is 8. The molecular formula is C13H26N4. The van der Waals surface area contributed by atoms with Crippen LogP contribution in [-0.2, 0) is 0 Å². The molecule has 0 radical (unpaired) electrons. The molecule has 0 atom stereocenters. The molecule has 0 aliphatic heterocycles. The summed E-state index contributed by atoms with van der Waals surface area (Å²) in [5.41, 5.74) is 0. The Hall–Kier alpha value is -1.21. The minimum absolute atomic E-state index is 0.516. The molecule has 0 unspecified atom stereocenters. The first-order valence-electron chi connectivity index (χ1n) is 6.46. The largest absolute Gasteiger partial charge is 0.357 e. The first-order chi connectivity index (χ1) is 8.28. The zero-order chi connectivity index (χ0) is 12.9. The maximum absolute atomic E-state index is 5.20. The lowest BCUT2D eigenvalue weighted by molar-refractivity contribution is 0.302. The van der Waals surface area contributed by atoms with E-state index in [-0.39, 0.29) is 0 Å². The van der Waals surface area contributed by atoms with Crippen LogP contribution < -0.4 is 10.6 Å². The van der Waals surface area contributed by atoms with Crippen molar-refractivity contribution in [3.8, 4) is 12.3 Å². The second kappa shape index (κ2) is 11.3. The van der Waals surface area contributed by atoms with E-state index >= 15 is 0 Å². The Morgan fingerprint density at radius 2 is 1.94 bits per heavy atom. The van der Waals surface area contributed by atoms with Gasteiger partial charge in [-0.1, -0.05) is 19.8 Å². The van der Waals surface area contributed by atoms with Gasteiger partial charge in [-0.05, 0) is 33.0 Å². The molecule has 0 amide bonds. The Morgan fingerprint density at radius 3 is 2.47 bits per heavy atom. The van der Waals surface area contributed by atoms with E-state index in [0.29, 0.717) is 6.54 Å². The summed E-state index contributed by atoms with van der Waals surface area (Å²) in [5, 5.41) is 6.24. The molecule has 2 N–H and O–H groups in total. The van der Waals surface area contributed by atoms with Crippen molar-refractivity contribution in [1.29, 1.82) is 0 Å². The van der Waals surface area contributed by atoms with Crippen LogP contribution in [-0.4, -0.2) is 50.1 Å². The summed E-state index contributed by atoms with van der Waals surface area (Å²) in [6, 6.07) is 0. The summed E-state index contributed by atoms with van der Waals surface area (Å²) in [7, 11) is 0. The van der Waals surface area contributed by atoms with Crippen molar-refractivity contribution in [2.24, 2.45) is 4.99 Å². The van der Waals surface area contributed by atoms with Gasteiger partial charge in [0.1, 0.15) is 0 Å². The molecule has 0 fully saturated rings. The van der Waals surface area contributed by atoms with Crippen molar-refractivity contribution < 1.29 is 0 Å². The topological polar surface area (TPSA) is 39.7 Å². The zero-order valence-electron chi connectivity index (χ0n) is 11.4. The molecule has 0 aliphatic carbocycles. The van der Waals surface area contributed by atoms with Crippen molar-refractivity contribution in [2.45, 2.75) is 27.2 Å². The number of guanidine groups is 1. The molecule has 0 heterocycles. The van der Waals surface area contributed by atoms with Crippen LogP contribution in [0.1, 0.15) is 27.2 Å². The third-order valence-corrected chi connectivity index (χ3v) is 2.50. The van der Waals surface area contributed by atoms with Gasteiger partial charge < -0.3 is 15.5 Å². The van der Waals surface area contributed by atoms with Crippen molar-refractivity contribution in [3.05, 3.63) is 0 Å². The number of aliphatic imine (C=N–C) groups is 1. The summed E-state index contributed by atoms with van der Waals surface area (Å²) >= 11 is 0. The van der Waals surface area contributed by atoms with E-state index in [9.17, 15) is 0 Å². The van der Waals surface area contributed by atoms with Gasteiger partial charge in [-0.25, -0.2) is 0 Å². The highest BCUT2D eigenvalue weighted by Gasteiger charge is 1.98. The zero-order valence-corrected chi connectivity index (χ0v) is 11.4. The molecule has 0 saturated heterocycles. The highest BCUT2D eigenvalue weighted by Crippen LogP contribution is 1.91. The second-order valence-corrected chi connectivity index (χ2v) is 3.70. The van der Waals surface area contributed by atoms with Gasteiger partial charge in [0, 0.05) is 13.1 Å². The number of hydrogen-bond acceptors (Lipinski definition) is 2. The summed E-state index contributed by atoms with van der Waals surface area (Å²) in [5.74, 6) is 3.35. The highest BCUT2D eigenvalue weighted by atomic mass is 15.2. The van der Waals surface area contributed by atoms with Gasteiger partial charge in [0.05, 0.1) is 6.54 Å². The molecule has 4 heteroatoms. The molecule has 0 spiro atoms. The van der Waals surface area contributed by atoms with E-state index in [2.05, 4.69) is 40.3 Å². The van der Waals surface area contributed by atoms with Crippen LogP contribution in [0.5, 0.6) is 0 Å². The molecule has 4 nitrogen and oxygen atoms in total. The van der Waals surface area contributed by atoms with E-state index in [0.717, 1.165) is 45.1 Å². The molecule has 17 heavy (non-hydrogen) atoms. The maximum Gasteiger partial charge on any atom is 0.192 e. The third-order valence-electron chi connectivity index (χ3n) is 2.50. The van der Waals surface area contributed by atoms with Crippen LogP contribution in [0.15, 0.2) is 4.99 Å². The first kappa shape index (κ1) is 15.8. The molecule has 0 aromatic heterocycles. The van der Waals surface area contributed by atoms with Crippen molar-refractivity contribution in [1.82, 2.24) is 15.5 Å². The normalized spacial score (nSPS) is 11.4. The number of nitrogens with zero attached hydrogens (tertiary/aromatic N) is 2. The fourth-order valence-electron chi connectivity index (χ4n) is 1.50. The van der Waals surface area contributed by atoms with Crippen molar-refractivity contribution in [3.63, 3.8) is 0 Å². The molecule has 0 bridgehead atoms. The van der Waals surface area contributed by atoms with Gasteiger partial charge in [0.2, 0.25) is 0 Å². The van der Waals surface area contributed by atoms with E-state index in [1.807, 2.05) is 6.92 Å². The van der Waals surface area contributed by atoms with Crippen molar-refractivity contribution >= 4 is 5.96 Å². The van der Waals surface area contributed by atoms with E-state index in [4.69, 9.17) is 6.42 Å². The monoisotopic (exact) mass is 238 g/mol. The Kier molecular flexibility index (Phi) is 10.5. The van der Waals surface area contributed by atoms with Crippen LogP contribution in [0.4, 0.5) is 0 Å². The predicted octanol–water partition coefficient (Wildman–Crippen LogP) is 0.907. The van der Waals surface area contributed by atoms with Crippen LogP contribution in [0.2, 0.25) is 0 Å². The fraction of sp³-hybridized carbons (Fsp3) is 0.769. The average Bonchev–Trinajstić information content (AvgIpc) is 2.36. The Bertz CT molecular complexity index is 238. The lowest BCUT2D eigenvalue weighted by Gasteiger charge is -2.17. The summed E-state index contributed by atoms with van der Waals surface area (Å²) in [6.07, 6.45) is 6.28. The SMILES string of the molecule is C#CCNC(=NCCCN(CC)CC)NCC. The van der Waals surface area contributed by atoms with Crippen molar-refractivity contribution in [2.75, 3.05) is 39.3 Å². The second-order valence-electron chi connectivity index (χ2n) is 3.70. The van der Waals surface area contributed by atoms with Gasteiger partial charge in [-0.3, -0.25) is 4.99 Å². The van der Waals surface area contributed by atoms with Crippen LogP contribution in [0, 0.1) is 12.3 Å². The lowest BCUT2D eigenvalue weighted by atomic mass is 10.4. The van der Waals surface area contributed by atoms with Gasteiger partial charge in [-0.2, -0.15) is 0 Å². The third kappa shape index (κ3) is 8.58. The maximum atomic E-state index is 5.20. The molecule has 0 aliphatic rings. The Morgan fingerprint density at radius 1 is 1.24 bits per heavy atom. The molecule has 98 valence electrons. The number of hydrogen-bond donors (Lipinski definition) is 2. The van der Waals surface area contributed by atoms with E-state index < -0.39 is 0 Å². The minimum atomic E-state index is 0.516. The van der Waals surface area contributed by atoms with Crippen LogP contribution in [0.25, 0.3) is 0 Å². The highest BCUT2D eigenvalue weighted by molar-refractivity contribution is 5.79. The number of terminal acetylenes is 1. The summed E-state index contributed by atoms with van der Waals surface area (Å²) in [6.45, 7) is 11.9. The van der Waals surface area contributed by atoms with Crippen LogP contribution in [0.3, 0.4) is 0 Å². The molecule has 0 aromatic rings. The average molecular weight is 238 g/mol. The lowest BCUT2D eigenvalue weighted by Crippen LogP contribution is -2.37. The number of nitrogens with one attached hydrogen (secondary N) is 2.